The molecule has 3 nitrogen and oxygen atoms in total. The Hall–Kier alpha value is -4.37. The summed E-state index contributed by atoms with van der Waals surface area (Å²) in [5, 5.41) is 0. The molecule has 7 rings (SSSR count). The third kappa shape index (κ3) is 5.58. The van der Waals surface area contributed by atoms with Crippen LogP contribution in [0.1, 0.15) is 5.56 Å². The molecular weight excluding hydrogens is 657 g/mol. The number of hydrogen-bond acceptors (Lipinski definition) is 3. The molecule has 1 aliphatic rings. The predicted octanol–water partition coefficient (Wildman–Crippen LogP) is 8.84. The van der Waals surface area contributed by atoms with Gasteiger partial charge in [0.05, 0.1) is 5.75 Å². The zero-order valence-corrected chi connectivity index (χ0v) is 23.7. The number of ether oxygens (including phenoxy) is 1. The first-order valence-electron chi connectivity index (χ1n) is 12.5. The molecule has 1 radical (unpaired) electrons. The number of aryl methyl sites for hydroxylation is 1. The quantitative estimate of drug-likeness (QED) is 0.171. The van der Waals surface area contributed by atoms with Gasteiger partial charge in [-0.15, -0.1) is 53.6 Å². The Labute approximate surface area is 242 Å². The monoisotopic (exact) mass is 681 g/mol. The standard InChI is InChI=1S/C24H16NO.C11H8N.Ir/c1-16-7-6-14-25-24(16)17-12-13-21-19-9-3-2-8-18(19)20-10-4-5-11-22(20)26-23(21)15-17;1-2-6-10(7-3-1)11-8-4-5-9-12-11;/h2-11,13-15H,1H3;1-6,8-9H;/q2*-1;. The first-order valence-corrected chi connectivity index (χ1v) is 12.5. The number of nitrogens with zero attached hydrogens (tertiary/aromatic N) is 2. The Morgan fingerprint density at radius 3 is 2.05 bits per heavy atom. The van der Waals surface area contributed by atoms with Gasteiger partial charge >= 0.3 is 0 Å². The second-order valence-corrected chi connectivity index (χ2v) is 8.93. The van der Waals surface area contributed by atoms with Gasteiger partial charge < -0.3 is 14.7 Å². The van der Waals surface area contributed by atoms with Crippen molar-refractivity contribution in [2.75, 3.05) is 0 Å². The van der Waals surface area contributed by atoms with Crippen LogP contribution in [0.5, 0.6) is 11.5 Å². The molecule has 0 saturated heterocycles. The van der Waals surface area contributed by atoms with E-state index in [0.29, 0.717) is 0 Å². The molecule has 6 aromatic rings. The van der Waals surface area contributed by atoms with Crippen LogP contribution >= 0.6 is 0 Å². The molecule has 2 aromatic heterocycles. The summed E-state index contributed by atoms with van der Waals surface area (Å²) in [6.45, 7) is 2.06. The van der Waals surface area contributed by atoms with Crippen molar-refractivity contribution in [2.45, 2.75) is 6.92 Å². The number of benzene rings is 4. The van der Waals surface area contributed by atoms with E-state index in [4.69, 9.17) is 4.74 Å². The van der Waals surface area contributed by atoms with E-state index in [9.17, 15) is 0 Å². The van der Waals surface area contributed by atoms with Crippen molar-refractivity contribution in [2.24, 2.45) is 0 Å². The molecular formula is C35H24IrN2O-2. The molecule has 0 amide bonds. The van der Waals surface area contributed by atoms with Crippen LogP contribution < -0.4 is 4.74 Å². The van der Waals surface area contributed by atoms with Crippen LogP contribution in [0.4, 0.5) is 0 Å². The SMILES string of the molecule is Cc1cccnc1-c1[c-]cc2c(c1)Oc1ccccc1-c1ccccc1-2.[Ir].[c-]1ccccc1-c1ccccn1. The summed E-state index contributed by atoms with van der Waals surface area (Å²) in [5.74, 6) is 1.70. The Bertz CT molecular complexity index is 1660. The molecule has 39 heavy (non-hydrogen) atoms. The van der Waals surface area contributed by atoms with Crippen LogP contribution in [0.2, 0.25) is 0 Å². The van der Waals surface area contributed by atoms with Crippen molar-refractivity contribution >= 4 is 0 Å². The van der Waals surface area contributed by atoms with E-state index >= 15 is 0 Å². The first-order chi connectivity index (χ1) is 18.8. The van der Waals surface area contributed by atoms with Crippen LogP contribution in [0, 0.1) is 19.1 Å². The molecule has 0 N–H and O–H groups in total. The van der Waals surface area contributed by atoms with Gasteiger partial charge in [-0.05, 0) is 47.6 Å². The summed E-state index contributed by atoms with van der Waals surface area (Å²) in [5.41, 5.74) is 9.51. The Kier molecular flexibility index (Phi) is 8.07. The minimum Gasteiger partial charge on any atom is -0.476 e. The molecule has 0 spiro atoms. The van der Waals surface area contributed by atoms with Crippen LogP contribution in [0.25, 0.3) is 44.8 Å². The molecule has 1 aliphatic heterocycles. The minimum absolute atomic E-state index is 0. The van der Waals surface area contributed by atoms with Crippen molar-refractivity contribution in [3.8, 4) is 56.3 Å². The molecule has 0 fully saturated rings. The zero-order chi connectivity index (χ0) is 25.7. The number of aromatic nitrogens is 2. The Balaban J connectivity index is 0.000000200. The number of pyridine rings is 2. The van der Waals surface area contributed by atoms with E-state index in [1.165, 1.54) is 5.56 Å². The fraction of sp³-hybridized carbons (Fsp3) is 0.0286. The number of para-hydroxylation sites is 1. The van der Waals surface area contributed by atoms with Crippen molar-refractivity contribution in [3.05, 3.63) is 145 Å². The summed E-state index contributed by atoms with van der Waals surface area (Å²) < 4.78 is 6.34. The summed E-state index contributed by atoms with van der Waals surface area (Å²) in [4.78, 5) is 8.74. The molecule has 0 unspecified atom stereocenters. The average molecular weight is 681 g/mol. The maximum Gasteiger partial charge on any atom is 0.132 e. The van der Waals surface area contributed by atoms with E-state index in [-0.39, 0.29) is 20.1 Å². The average Bonchev–Trinajstić information content (AvgIpc) is 3.13. The van der Waals surface area contributed by atoms with Crippen molar-refractivity contribution in [1.29, 1.82) is 0 Å². The van der Waals surface area contributed by atoms with Gasteiger partial charge in [0, 0.05) is 38.1 Å². The molecule has 0 aliphatic carbocycles. The molecule has 191 valence electrons. The Morgan fingerprint density at radius 2 is 1.31 bits per heavy atom. The van der Waals surface area contributed by atoms with Gasteiger partial charge in [-0.3, -0.25) is 0 Å². The molecule has 4 aromatic carbocycles. The van der Waals surface area contributed by atoms with Gasteiger partial charge in [0.2, 0.25) is 0 Å². The summed E-state index contributed by atoms with van der Waals surface area (Å²) >= 11 is 0. The van der Waals surface area contributed by atoms with Crippen LogP contribution in [0.3, 0.4) is 0 Å². The topological polar surface area (TPSA) is 35.0 Å². The zero-order valence-electron chi connectivity index (χ0n) is 21.3. The predicted molar refractivity (Wildman–Crippen MR) is 153 cm³/mol. The van der Waals surface area contributed by atoms with E-state index in [1.54, 1.807) is 6.20 Å². The van der Waals surface area contributed by atoms with E-state index < -0.39 is 0 Å². The number of rotatable bonds is 2. The third-order valence-corrected chi connectivity index (χ3v) is 6.44. The smallest absolute Gasteiger partial charge is 0.132 e. The maximum absolute atomic E-state index is 6.34. The molecule has 4 heteroatoms. The van der Waals surface area contributed by atoms with Crippen LogP contribution in [0.15, 0.2) is 128 Å². The van der Waals surface area contributed by atoms with Gasteiger partial charge in [0.25, 0.3) is 0 Å². The summed E-state index contributed by atoms with van der Waals surface area (Å²) in [7, 11) is 0. The van der Waals surface area contributed by atoms with Crippen LogP contribution in [-0.4, -0.2) is 9.97 Å². The fourth-order valence-corrected chi connectivity index (χ4v) is 4.60. The van der Waals surface area contributed by atoms with Crippen molar-refractivity contribution < 1.29 is 24.8 Å². The Morgan fingerprint density at radius 1 is 0.590 bits per heavy atom. The molecule has 0 saturated carbocycles. The van der Waals surface area contributed by atoms with Gasteiger partial charge in [-0.1, -0.05) is 77.9 Å². The largest absolute Gasteiger partial charge is 0.476 e. The van der Waals surface area contributed by atoms with E-state index in [2.05, 4.69) is 65.4 Å². The second-order valence-electron chi connectivity index (χ2n) is 8.93. The maximum atomic E-state index is 6.34. The normalized spacial score (nSPS) is 10.7. The summed E-state index contributed by atoms with van der Waals surface area (Å²) in [6, 6.07) is 44.9. The molecule has 3 heterocycles. The van der Waals surface area contributed by atoms with Crippen molar-refractivity contribution in [3.63, 3.8) is 0 Å². The molecule has 0 bridgehead atoms. The van der Waals surface area contributed by atoms with Gasteiger partial charge in [0.15, 0.2) is 0 Å². The fourth-order valence-electron chi connectivity index (χ4n) is 4.60. The second kappa shape index (κ2) is 12.0. The van der Waals surface area contributed by atoms with E-state index in [0.717, 1.165) is 56.3 Å². The minimum atomic E-state index is 0. The first kappa shape index (κ1) is 26.2. The van der Waals surface area contributed by atoms with Gasteiger partial charge in [0.1, 0.15) is 5.75 Å². The number of hydrogen-bond donors (Lipinski definition) is 0. The van der Waals surface area contributed by atoms with E-state index in [1.807, 2.05) is 85.1 Å². The molecule has 0 atom stereocenters. The number of fused-ring (bicyclic) bond motifs is 5. The summed E-state index contributed by atoms with van der Waals surface area (Å²) in [6.07, 6.45) is 3.60. The van der Waals surface area contributed by atoms with Crippen molar-refractivity contribution in [1.82, 2.24) is 9.97 Å². The van der Waals surface area contributed by atoms with Gasteiger partial charge in [-0.2, -0.15) is 0 Å². The van der Waals surface area contributed by atoms with Crippen LogP contribution in [-0.2, 0) is 20.1 Å². The van der Waals surface area contributed by atoms with Gasteiger partial charge in [-0.25, -0.2) is 0 Å². The third-order valence-electron chi connectivity index (χ3n) is 6.44.